The third kappa shape index (κ3) is 3.36. The first kappa shape index (κ1) is 19.2. The summed E-state index contributed by atoms with van der Waals surface area (Å²) in [4.78, 5) is 49.8. The second kappa shape index (κ2) is 7.59. The zero-order valence-electron chi connectivity index (χ0n) is 15.4. The van der Waals surface area contributed by atoms with Gasteiger partial charge in [-0.25, -0.2) is 0 Å². The van der Waals surface area contributed by atoms with E-state index in [9.17, 15) is 24.5 Å². The Bertz CT molecular complexity index is 920. The molecular formula is C20H19N3O5. The quantitative estimate of drug-likeness (QED) is 0.469. The second-order valence-electron chi connectivity index (χ2n) is 6.65. The van der Waals surface area contributed by atoms with Crippen molar-refractivity contribution in [2.45, 2.75) is 26.3 Å². The third-order valence-corrected chi connectivity index (χ3v) is 4.90. The molecule has 3 amide bonds. The summed E-state index contributed by atoms with van der Waals surface area (Å²) in [6.45, 7) is 3.67. The number of carbonyl (C=O) groups is 3. The number of non-ortho nitro benzene ring substituents is 1. The number of carbonyl (C=O) groups excluding carboxylic acids is 3. The molecule has 28 heavy (non-hydrogen) atoms. The van der Waals surface area contributed by atoms with Gasteiger partial charge in [-0.1, -0.05) is 32.4 Å². The lowest BCUT2D eigenvalue weighted by atomic mass is 9.96. The van der Waals surface area contributed by atoms with E-state index in [0.29, 0.717) is 12.1 Å². The number of hydrogen-bond acceptors (Lipinski definition) is 5. The van der Waals surface area contributed by atoms with Gasteiger partial charge in [-0.15, -0.1) is 0 Å². The fraction of sp³-hybridized carbons (Fsp3) is 0.250. The van der Waals surface area contributed by atoms with Gasteiger partial charge in [0.05, 0.1) is 16.1 Å². The Labute approximate surface area is 161 Å². The van der Waals surface area contributed by atoms with E-state index in [1.54, 1.807) is 31.2 Å². The maximum atomic E-state index is 13.0. The van der Waals surface area contributed by atoms with Crippen LogP contribution in [0.15, 0.2) is 48.5 Å². The Kier molecular flexibility index (Phi) is 5.21. The highest BCUT2D eigenvalue weighted by Gasteiger charge is 2.44. The molecule has 1 aliphatic heterocycles. The Hall–Kier alpha value is -3.55. The lowest BCUT2D eigenvalue weighted by Crippen LogP contribution is -2.50. The predicted octanol–water partition coefficient (Wildman–Crippen LogP) is 3.24. The zero-order valence-corrected chi connectivity index (χ0v) is 15.4. The average molecular weight is 381 g/mol. The number of anilines is 1. The summed E-state index contributed by atoms with van der Waals surface area (Å²) >= 11 is 0. The molecule has 3 rings (SSSR count). The van der Waals surface area contributed by atoms with Crippen LogP contribution in [0.5, 0.6) is 0 Å². The van der Waals surface area contributed by atoms with Crippen molar-refractivity contribution in [1.82, 2.24) is 4.90 Å². The highest BCUT2D eigenvalue weighted by atomic mass is 16.6. The molecule has 0 radical (unpaired) electrons. The molecule has 0 aromatic heterocycles. The molecule has 1 aliphatic rings. The van der Waals surface area contributed by atoms with Crippen LogP contribution in [0.2, 0.25) is 0 Å². The van der Waals surface area contributed by atoms with E-state index in [4.69, 9.17) is 0 Å². The van der Waals surface area contributed by atoms with Crippen LogP contribution in [0, 0.1) is 16.0 Å². The van der Waals surface area contributed by atoms with E-state index in [2.05, 4.69) is 5.32 Å². The van der Waals surface area contributed by atoms with E-state index < -0.39 is 28.7 Å². The Morgan fingerprint density at radius 3 is 2.07 bits per heavy atom. The standard InChI is InChI=1S/C20H19N3O5/c1-3-12(2)17(18(24)21-13-8-10-14(11-9-13)23(27)28)22-19(25)15-6-4-5-7-16(15)20(22)26/h4-12,17H,3H2,1-2H3,(H,21,24). The van der Waals surface area contributed by atoms with E-state index >= 15 is 0 Å². The number of hydrogen-bond donors (Lipinski definition) is 1. The molecule has 0 saturated heterocycles. The van der Waals surface area contributed by atoms with Gasteiger partial charge in [0.2, 0.25) is 5.91 Å². The topological polar surface area (TPSA) is 110 Å². The van der Waals surface area contributed by atoms with Gasteiger partial charge in [0.1, 0.15) is 6.04 Å². The molecule has 0 spiro atoms. The van der Waals surface area contributed by atoms with E-state index in [0.717, 1.165) is 4.90 Å². The van der Waals surface area contributed by atoms with Crippen molar-refractivity contribution in [3.05, 3.63) is 69.8 Å². The number of fused-ring (bicyclic) bond motifs is 1. The molecule has 8 heteroatoms. The number of nitro benzene ring substituents is 1. The van der Waals surface area contributed by atoms with Crippen LogP contribution >= 0.6 is 0 Å². The fourth-order valence-electron chi connectivity index (χ4n) is 3.20. The van der Waals surface area contributed by atoms with Crippen LogP contribution in [0.4, 0.5) is 11.4 Å². The van der Waals surface area contributed by atoms with Gasteiger partial charge in [0.25, 0.3) is 17.5 Å². The Morgan fingerprint density at radius 2 is 1.61 bits per heavy atom. The summed E-state index contributed by atoms with van der Waals surface area (Å²) < 4.78 is 0. The molecule has 0 saturated carbocycles. The minimum Gasteiger partial charge on any atom is -0.324 e. The predicted molar refractivity (Wildman–Crippen MR) is 102 cm³/mol. The summed E-state index contributed by atoms with van der Waals surface area (Å²) in [5.74, 6) is -1.78. The van der Waals surface area contributed by atoms with Crippen LogP contribution in [0.3, 0.4) is 0 Å². The molecular weight excluding hydrogens is 362 g/mol. The molecule has 2 atom stereocenters. The van der Waals surface area contributed by atoms with Crippen molar-refractivity contribution in [3.63, 3.8) is 0 Å². The normalized spacial score (nSPS) is 15.1. The van der Waals surface area contributed by atoms with Crippen molar-refractivity contribution in [2.24, 2.45) is 5.92 Å². The number of benzene rings is 2. The summed E-state index contributed by atoms with van der Waals surface area (Å²) in [5, 5.41) is 13.4. The van der Waals surface area contributed by atoms with Gasteiger partial charge in [-0.2, -0.15) is 0 Å². The molecule has 144 valence electrons. The highest BCUT2D eigenvalue weighted by molar-refractivity contribution is 6.23. The zero-order chi connectivity index (χ0) is 20.4. The Balaban J connectivity index is 1.88. The third-order valence-electron chi connectivity index (χ3n) is 4.90. The van der Waals surface area contributed by atoms with Crippen molar-refractivity contribution in [1.29, 1.82) is 0 Å². The largest absolute Gasteiger partial charge is 0.324 e. The lowest BCUT2D eigenvalue weighted by molar-refractivity contribution is -0.384. The van der Waals surface area contributed by atoms with Crippen LogP contribution < -0.4 is 5.32 Å². The first-order valence-corrected chi connectivity index (χ1v) is 8.87. The van der Waals surface area contributed by atoms with Crippen molar-refractivity contribution in [2.75, 3.05) is 5.32 Å². The van der Waals surface area contributed by atoms with Gasteiger partial charge < -0.3 is 5.32 Å². The van der Waals surface area contributed by atoms with Gasteiger partial charge in [0.15, 0.2) is 0 Å². The lowest BCUT2D eigenvalue weighted by Gasteiger charge is -2.29. The van der Waals surface area contributed by atoms with Crippen LogP contribution in [0.25, 0.3) is 0 Å². The molecule has 2 aromatic rings. The molecule has 2 aromatic carbocycles. The van der Waals surface area contributed by atoms with Gasteiger partial charge in [-0.3, -0.25) is 29.4 Å². The maximum absolute atomic E-state index is 13.0. The summed E-state index contributed by atoms with van der Waals surface area (Å²) in [7, 11) is 0. The number of rotatable bonds is 6. The molecule has 8 nitrogen and oxygen atoms in total. The van der Waals surface area contributed by atoms with E-state index in [1.807, 2.05) is 6.92 Å². The second-order valence-corrected chi connectivity index (χ2v) is 6.65. The van der Waals surface area contributed by atoms with E-state index in [1.165, 1.54) is 24.3 Å². The van der Waals surface area contributed by atoms with Crippen LogP contribution in [-0.2, 0) is 4.79 Å². The number of amides is 3. The summed E-state index contributed by atoms with van der Waals surface area (Å²) in [6, 6.07) is 10.8. The average Bonchev–Trinajstić information content (AvgIpc) is 2.94. The number of nitro groups is 1. The molecule has 1 heterocycles. The van der Waals surface area contributed by atoms with Crippen molar-refractivity contribution >= 4 is 29.1 Å². The molecule has 1 N–H and O–H groups in total. The molecule has 0 fully saturated rings. The van der Waals surface area contributed by atoms with Crippen molar-refractivity contribution < 1.29 is 19.3 Å². The molecule has 2 unspecified atom stereocenters. The fourth-order valence-corrected chi connectivity index (χ4v) is 3.20. The summed E-state index contributed by atoms with van der Waals surface area (Å²) in [6.07, 6.45) is 0.575. The molecule has 0 aliphatic carbocycles. The monoisotopic (exact) mass is 381 g/mol. The van der Waals surface area contributed by atoms with Crippen LogP contribution in [0.1, 0.15) is 41.0 Å². The van der Waals surface area contributed by atoms with Crippen molar-refractivity contribution in [3.8, 4) is 0 Å². The SMILES string of the molecule is CCC(C)C(C(=O)Nc1ccc([N+](=O)[O-])cc1)N1C(=O)c2ccccc2C1=O. The van der Waals surface area contributed by atoms with Gasteiger partial charge in [0, 0.05) is 17.8 Å². The smallest absolute Gasteiger partial charge is 0.269 e. The number of nitrogens with zero attached hydrogens (tertiary/aromatic N) is 2. The minimum absolute atomic E-state index is 0.100. The Morgan fingerprint density at radius 1 is 1.07 bits per heavy atom. The first-order valence-electron chi connectivity index (χ1n) is 8.87. The van der Waals surface area contributed by atoms with E-state index in [-0.39, 0.29) is 22.7 Å². The molecule has 0 bridgehead atoms. The number of imide groups is 1. The summed E-state index contributed by atoms with van der Waals surface area (Å²) in [5.41, 5.74) is 0.810. The van der Waals surface area contributed by atoms with Crippen LogP contribution in [-0.4, -0.2) is 33.6 Å². The van der Waals surface area contributed by atoms with Gasteiger partial charge >= 0.3 is 0 Å². The van der Waals surface area contributed by atoms with Gasteiger partial charge in [-0.05, 0) is 30.2 Å². The number of nitrogens with one attached hydrogen (secondary N) is 1. The minimum atomic E-state index is -0.993. The maximum Gasteiger partial charge on any atom is 0.269 e. The highest BCUT2D eigenvalue weighted by Crippen LogP contribution is 2.29. The first-order chi connectivity index (χ1) is 13.3.